The molecule has 2 rings (SSSR count). The predicted octanol–water partition coefficient (Wildman–Crippen LogP) is 3.12. The molecule has 3 N–H and O–H groups in total. The maximum absolute atomic E-state index is 13.2. The van der Waals surface area contributed by atoms with Crippen molar-refractivity contribution >= 4 is 11.7 Å². The van der Waals surface area contributed by atoms with Crippen LogP contribution >= 0.6 is 0 Å². The number of carbonyl (C=O) groups excluding carboxylic acids is 1. The summed E-state index contributed by atoms with van der Waals surface area (Å²) in [5, 5.41) is 14.1. The standard InChI is InChI=1S/C16H17FN2O3/c1-11(10-20)18-16(21)19-14-7-2-3-8-15(14)22-13-6-4-5-12(17)9-13/h2-9,11,20H,10H2,1H3,(H2,18,19,21). The maximum atomic E-state index is 13.2. The SMILES string of the molecule is CC(CO)NC(=O)Nc1ccccc1Oc1cccc(F)c1. The number of hydrogen-bond acceptors (Lipinski definition) is 3. The number of aliphatic hydroxyl groups is 1. The van der Waals surface area contributed by atoms with E-state index >= 15 is 0 Å². The quantitative estimate of drug-likeness (QED) is 0.795. The first-order valence-electron chi connectivity index (χ1n) is 6.79. The molecule has 1 unspecified atom stereocenters. The number of aliphatic hydroxyl groups excluding tert-OH is 1. The lowest BCUT2D eigenvalue weighted by atomic mass is 10.3. The van der Waals surface area contributed by atoms with Crippen LogP contribution in [0.1, 0.15) is 6.92 Å². The van der Waals surface area contributed by atoms with Crippen molar-refractivity contribution in [1.82, 2.24) is 5.32 Å². The lowest BCUT2D eigenvalue weighted by Crippen LogP contribution is -2.38. The van der Waals surface area contributed by atoms with Gasteiger partial charge < -0.3 is 20.5 Å². The van der Waals surface area contributed by atoms with Crippen molar-refractivity contribution in [1.29, 1.82) is 0 Å². The fourth-order valence-corrected chi connectivity index (χ4v) is 1.74. The van der Waals surface area contributed by atoms with Crippen LogP contribution in [0.4, 0.5) is 14.9 Å². The molecule has 2 aromatic carbocycles. The Morgan fingerprint density at radius 1 is 1.27 bits per heavy atom. The Morgan fingerprint density at radius 2 is 2.05 bits per heavy atom. The highest BCUT2D eigenvalue weighted by Crippen LogP contribution is 2.29. The van der Waals surface area contributed by atoms with E-state index in [1.54, 1.807) is 37.3 Å². The Bertz CT molecular complexity index is 649. The molecule has 0 heterocycles. The molecule has 0 aliphatic heterocycles. The first kappa shape index (κ1) is 15.8. The number of carbonyl (C=O) groups is 1. The van der Waals surface area contributed by atoms with E-state index in [0.717, 1.165) is 0 Å². The summed E-state index contributed by atoms with van der Waals surface area (Å²) in [6.07, 6.45) is 0. The van der Waals surface area contributed by atoms with Crippen molar-refractivity contribution in [2.75, 3.05) is 11.9 Å². The Morgan fingerprint density at radius 3 is 2.77 bits per heavy atom. The van der Waals surface area contributed by atoms with Gasteiger partial charge in [-0.1, -0.05) is 18.2 Å². The van der Waals surface area contributed by atoms with E-state index in [0.29, 0.717) is 17.2 Å². The summed E-state index contributed by atoms with van der Waals surface area (Å²) in [4.78, 5) is 11.8. The van der Waals surface area contributed by atoms with Crippen molar-refractivity contribution in [3.63, 3.8) is 0 Å². The van der Waals surface area contributed by atoms with Crippen LogP contribution in [0.25, 0.3) is 0 Å². The van der Waals surface area contributed by atoms with E-state index in [1.165, 1.54) is 18.2 Å². The number of hydrogen-bond donors (Lipinski definition) is 3. The van der Waals surface area contributed by atoms with Crippen LogP contribution in [0.2, 0.25) is 0 Å². The highest BCUT2D eigenvalue weighted by molar-refractivity contribution is 5.91. The topological polar surface area (TPSA) is 70.6 Å². The van der Waals surface area contributed by atoms with Gasteiger partial charge >= 0.3 is 6.03 Å². The highest BCUT2D eigenvalue weighted by atomic mass is 19.1. The largest absolute Gasteiger partial charge is 0.455 e. The monoisotopic (exact) mass is 304 g/mol. The summed E-state index contributed by atoms with van der Waals surface area (Å²) in [6, 6.07) is 11.7. The number of nitrogens with one attached hydrogen (secondary N) is 2. The Labute approximate surface area is 127 Å². The van der Waals surface area contributed by atoms with Crippen LogP contribution in [0, 0.1) is 5.82 Å². The van der Waals surface area contributed by atoms with Crippen molar-refractivity contribution in [3.05, 3.63) is 54.3 Å². The van der Waals surface area contributed by atoms with E-state index in [2.05, 4.69) is 10.6 Å². The van der Waals surface area contributed by atoms with Gasteiger partial charge in [-0.3, -0.25) is 0 Å². The summed E-state index contributed by atoms with van der Waals surface area (Å²) in [6.45, 7) is 1.52. The van der Waals surface area contributed by atoms with Gasteiger partial charge in [-0.2, -0.15) is 0 Å². The summed E-state index contributed by atoms with van der Waals surface area (Å²) in [5.74, 6) is 0.315. The molecule has 0 aliphatic rings. The predicted molar refractivity (Wildman–Crippen MR) is 81.6 cm³/mol. The minimum Gasteiger partial charge on any atom is -0.455 e. The number of halogens is 1. The molecule has 1 atom stereocenters. The van der Waals surface area contributed by atoms with Crippen LogP contribution in [0.5, 0.6) is 11.5 Å². The Balaban J connectivity index is 2.11. The molecular weight excluding hydrogens is 287 g/mol. The molecule has 5 nitrogen and oxygen atoms in total. The minimum atomic E-state index is -0.461. The third-order valence-corrected chi connectivity index (χ3v) is 2.81. The van der Waals surface area contributed by atoms with E-state index in [1.807, 2.05) is 0 Å². The van der Waals surface area contributed by atoms with E-state index in [-0.39, 0.29) is 12.6 Å². The zero-order valence-corrected chi connectivity index (χ0v) is 12.0. The van der Waals surface area contributed by atoms with Gasteiger partial charge in [0.2, 0.25) is 0 Å². The molecule has 2 aromatic rings. The lowest BCUT2D eigenvalue weighted by molar-refractivity contribution is 0.229. The second-order valence-electron chi connectivity index (χ2n) is 4.74. The average Bonchev–Trinajstić information content (AvgIpc) is 2.49. The van der Waals surface area contributed by atoms with Gasteiger partial charge in [0.25, 0.3) is 0 Å². The van der Waals surface area contributed by atoms with Crippen LogP contribution in [-0.4, -0.2) is 23.8 Å². The van der Waals surface area contributed by atoms with Gasteiger partial charge in [0.15, 0.2) is 5.75 Å². The summed E-state index contributed by atoms with van der Waals surface area (Å²) >= 11 is 0. The molecule has 0 saturated carbocycles. The van der Waals surface area contributed by atoms with Crippen LogP contribution in [0.15, 0.2) is 48.5 Å². The molecule has 0 radical (unpaired) electrons. The highest BCUT2D eigenvalue weighted by Gasteiger charge is 2.10. The van der Waals surface area contributed by atoms with Gasteiger partial charge in [0, 0.05) is 6.07 Å². The number of amides is 2. The summed E-state index contributed by atoms with van der Waals surface area (Å²) in [7, 11) is 0. The Kier molecular flexibility index (Phi) is 5.32. The number of anilines is 1. The molecule has 0 spiro atoms. The smallest absolute Gasteiger partial charge is 0.319 e. The van der Waals surface area contributed by atoms with Gasteiger partial charge in [0.1, 0.15) is 11.6 Å². The number of ether oxygens (including phenoxy) is 1. The van der Waals surface area contributed by atoms with Gasteiger partial charge in [0.05, 0.1) is 18.3 Å². The third-order valence-electron chi connectivity index (χ3n) is 2.81. The molecule has 0 aromatic heterocycles. The van der Waals surface area contributed by atoms with Gasteiger partial charge in [-0.05, 0) is 31.2 Å². The molecule has 0 bridgehead atoms. The van der Waals surface area contributed by atoms with Crippen molar-refractivity contribution in [2.45, 2.75) is 13.0 Å². The average molecular weight is 304 g/mol. The lowest BCUT2D eigenvalue weighted by Gasteiger charge is -2.15. The van der Waals surface area contributed by atoms with Crippen molar-refractivity contribution < 1.29 is 19.0 Å². The summed E-state index contributed by atoms with van der Waals surface area (Å²) < 4.78 is 18.8. The zero-order valence-electron chi connectivity index (χ0n) is 12.0. The fourth-order valence-electron chi connectivity index (χ4n) is 1.74. The second-order valence-corrected chi connectivity index (χ2v) is 4.74. The number of rotatable bonds is 5. The first-order chi connectivity index (χ1) is 10.6. The molecule has 116 valence electrons. The number of benzene rings is 2. The first-order valence-corrected chi connectivity index (χ1v) is 6.79. The molecule has 0 fully saturated rings. The maximum Gasteiger partial charge on any atom is 0.319 e. The van der Waals surface area contributed by atoms with E-state index in [4.69, 9.17) is 9.84 Å². The van der Waals surface area contributed by atoms with Crippen LogP contribution in [0.3, 0.4) is 0 Å². The van der Waals surface area contributed by atoms with E-state index < -0.39 is 11.8 Å². The van der Waals surface area contributed by atoms with Crippen molar-refractivity contribution in [2.24, 2.45) is 0 Å². The minimum absolute atomic E-state index is 0.158. The zero-order chi connectivity index (χ0) is 15.9. The molecule has 22 heavy (non-hydrogen) atoms. The van der Waals surface area contributed by atoms with Gasteiger partial charge in [-0.15, -0.1) is 0 Å². The second kappa shape index (κ2) is 7.42. The molecule has 2 amide bonds. The normalized spacial score (nSPS) is 11.6. The van der Waals surface area contributed by atoms with Crippen LogP contribution < -0.4 is 15.4 Å². The number of para-hydroxylation sites is 2. The number of urea groups is 1. The molecule has 0 saturated heterocycles. The van der Waals surface area contributed by atoms with Crippen LogP contribution in [-0.2, 0) is 0 Å². The van der Waals surface area contributed by atoms with Crippen molar-refractivity contribution in [3.8, 4) is 11.5 Å². The van der Waals surface area contributed by atoms with Gasteiger partial charge in [-0.25, -0.2) is 9.18 Å². The Hall–Kier alpha value is -2.60. The molecule has 6 heteroatoms. The third kappa shape index (κ3) is 4.46. The van der Waals surface area contributed by atoms with E-state index in [9.17, 15) is 9.18 Å². The molecule has 0 aliphatic carbocycles. The summed E-state index contributed by atoms with van der Waals surface area (Å²) in [5.41, 5.74) is 0.439. The molecular formula is C16H17FN2O3. The fraction of sp³-hybridized carbons (Fsp3) is 0.188.